The normalized spacial score (nSPS) is 21.3. The van der Waals surface area contributed by atoms with E-state index in [0.717, 1.165) is 63.8 Å². The molecule has 1 saturated carbocycles. The molecule has 0 radical (unpaired) electrons. The molecule has 2 aromatic carbocycles. The Hall–Kier alpha value is -2.32. The number of hydrogen-bond acceptors (Lipinski definition) is 4. The van der Waals surface area contributed by atoms with Gasteiger partial charge in [-0.15, -0.1) is 24.8 Å². The van der Waals surface area contributed by atoms with Crippen LogP contribution in [0.15, 0.2) is 60.7 Å². The van der Waals surface area contributed by atoms with Gasteiger partial charge in [-0.1, -0.05) is 67.6 Å². The SMILES string of the molecule is CCCN(C(=O)NCc1ccccc1)C1CCN(CC2CC(N(C)CC(=O)O)CC2c2ccccc2)CC1.Cl.Cl. The van der Waals surface area contributed by atoms with Crippen molar-refractivity contribution in [3.8, 4) is 0 Å². The van der Waals surface area contributed by atoms with Crippen LogP contribution in [0.25, 0.3) is 0 Å². The van der Waals surface area contributed by atoms with Gasteiger partial charge < -0.3 is 20.2 Å². The lowest BCUT2D eigenvalue weighted by molar-refractivity contribution is -0.138. The maximum Gasteiger partial charge on any atom is 0.317 e. The fraction of sp³-hybridized carbons (Fsp3) is 0.548. The van der Waals surface area contributed by atoms with Crippen molar-refractivity contribution in [3.05, 3.63) is 71.8 Å². The summed E-state index contributed by atoms with van der Waals surface area (Å²) in [6.45, 7) is 6.56. The number of carboxylic acid groups (broad SMARTS) is 1. The predicted molar refractivity (Wildman–Crippen MR) is 166 cm³/mol. The van der Waals surface area contributed by atoms with Crippen molar-refractivity contribution in [1.82, 2.24) is 20.0 Å². The molecule has 4 rings (SSSR count). The van der Waals surface area contributed by atoms with E-state index < -0.39 is 5.97 Å². The third kappa shape index (κ3) is 9.37. The Bertz CT molecular complexity index is 1020. The Balaban J connectivity index is 0.00000280. The number of carbonyl (C=O) groups is 2. The summed E-state index contributed by atoms with van der Waals surface area (Å²) in [5, 5.41) is 12.4. The Morgan fingerprint density at radius 3 is 2.17 bits per heavy atom. The first kappa shape index (κ1) is 33.9. The Kier molecular flexibility index (Phi) is 14.3. The molecule has 2 amide bonds. The number of aliphatic carboxylic acids is 1. The van der Waals surface area contributed by atoms with Gasteiger partial charge in [0.25, 0.3) is 0 Å². The van der Waals surface area contributed by atoms with E-state index >= 15 is 0 Å². The third-order valence-electron chi connectivity index (χ3n) is 8.41. The molecule has 1 saturated heterocycles. The second-order valence-electron chi connectivity index (χ2n) is 11.1. The quantitative estimate of drug-likeness (QED) is 0.360. The Morgan fingerprint density at radius 2 is 1.57 bits per heavy atom. The molecule has 9 heteroatoms. The Morgan fingerprint density at radius 1 is 0.950 bits per heavy atom. The molecule has 222 valence electrons. The van der Waals surface area contributed by atoms with Gasteiger partial charge in [-0.3, -0.25) is 9.69 Å². The van der Waals surface area contributed by atoms with Crippen LogP contribution in [-0.2, 0) is 11.3 Å². The summed E-state index contributed by atoms with van der Waals surface area (Å²) in [6, 6.07) is 21.4. The zero-order valence-electron chi connectivity index (χ0n) is 23.8. The number of hydrogen-bond donors (Lipinski definition) is 2. The molecule has 2 aromatic rings. The zero-order chi connectivity index (χ0) is 26.9. The number of urea groups is 1. The molecule has 40 heavy (non-hydrogen) atoms. The van der Waals surface area contributed by atoms with Gasteiger partial charge in [0.15, 0.2) is 0 Å². The molecule has 1 aliphatic heterocycles. The van der Waals surface area contributed by atoms with Gasteiger partial charge in [-0.05, 0) is 62.1 Å². The number of halogens is 2. The molecule has 3 unspecified atom stereocenters. The van der Waals surface area contributed by atoms with E-state index in [1.165, 1.54) is 5.56 Å². The summed E-state index contributed by atoms with van der Waals surface area (Å²) in [5.74, 6) is 0.172. The highest BCUT2D eigenvalue weighted by Gasteiger charge is 2.39. The predicted octanol–water partition coefficient (Wildman–Crippen LogP) is 5.50. The summed E-state index contributed by atoms with van der Waals surface area (Å²) < 4.78 is 0. The van der Waals surface area contributed by atoms with Crippen LogP contribution in [0.4, 0.5) is 4.79 Å². The van der Waals surface area contributed by atoms with Crippen LogP contribution in [0.1, 0.15) is 56.1 Å². The zero-order valence-corrected chi connectivity index (χ0v) is 25.4. The first-order valence-electron chi connectivity index (χ1n) is 14.2. The van der Waals surface area contributed by atoms with Crippen molar-refractivity contribution in [3.63, 3.8) is 0 Å². The third-order valence-corrected chi connectivity index (χ3v) is 8.41. The molecule has 2 aliphatic rings. The molecule has 2 N–H and O–H groups in total. The lowest BCUT2D eigenvalue weighted by atomic mass is 9.88. The lowest BCUT2D eigenvalue weighted by Gasteiger charge is -2.39. The standard InChI is InChI=1S/C31H44N4O3.2ClH/c1-3-16-35(31(38)32-21-24-10-6-4-7-11-24)27-14-17-34(18-15-27)22-26-19-28(33(2)23-30(36)37)20-29(26)25-12-8-5-9-13-25;;/h4-13,26-29H,3,14-23H2,1-2H3,(H,32,38)(H,36,37);2*1H. The summed E-state index contributed by atoms with van der Waals surface area (Å²) in [5.41, 5.74) is 2.48. The van der Waals surface area contributed by atoms with Gasteiger partial charge in [-0.25, -0.2) is 4.79 Å². The highest BCUT2D eigenvalue weighted by molar-refractivity contribution is 5.85. The molecular formula is C31H46Cl2N4O3. The number of amides is 2. The van der Waals surface area contributed by atoms with Crippen LogP contribution < -0.4 is 5.32 Å². The summed E-state index contributed by atoms with van der Waals surface area (Å²) >= 11 is 0. The van der Waals surface area contributed by atoms with Crippen molar-refractivity contribution < 1.29 is 14.7 Å². The van der Waals surface area contributed by atoms with Gasteiger partial charge in [0, 0.05) is 44.8 Å². The van der Waals surface area contributed by atoms with Gasteiger partial charge in [0.1, 0.15) is 0 Å². The number of piperidine rings is 1. The minimum absolute atomic E-state index is 0. The van der Waals surface area contributed by atoms with Crippen molar-refractivity contribution in [1.29, 1.82) is 0 Å². The van der Waals surface area contributed by atoms with Crippen LogP contribution in [-0.4, -0.2) is 83.7 Å². The molecule has 0 bridgehead atoms. The monoisotopic (exact) mass is 592 g/mol. The number of nitrogens with zero attached hydrogens (tertiary/aromatic N) is 3. The summed E-state index contributed by atoms with van der Waals surface area (Å²) in [6.07, 6.45) is 4.95. The molecule has 7 nitrogen and oxygen atoms in total. The fourth-order valence-corrected chi connectivity index (χ4v) is 6.42. The fourth-order valence-electron chi connectivity index (χ4n) is 6.42. The number of nitrogens with one attached hydrogen (secondary N) is 1. The first-order valence-corrected chi connectivity index (χ1v) is 14.2. The number of benzene rings is 2. The molecule has 0 spiro atoms. The summed E-state index contributed by atoms with van der Waals surface area (Å²) in [4.78, 5) is 31.1. The average Bonchev–Trinajstić information content (AvgIpc) is 3.35. The highest BCUT2D eigenvalue weighted by Crippen LogP contribution is 2.42. The number of carboxylic acids is 1. The smallest absolute Gasteiger partial charge is 0.317 e. The van der Waals surface area contributed by atoms with Crippen LogP contribution >= 0.6 is 24.8 Å². The largest absolute Gasteiger partial charge is 0.480 e. The van der Waals surface area contributed by atoms with E-state index in [1.807, 2.05) is 42.3 Å². The molecule has 0 aromatic heterocycles. The van der Waals surface area contributed by atoms with Crippen LogP contribution in [0.3, 0.4) is 0 Å². The van der Waals surface area contributed by atoms with Gasteiger partial charge >= 0.3 is 12.0 Å². The average molecular weight is 594 g/mol. The van der Waals surface area contributed by atoms with Crippen LogP contribution in [0.5, 0.6) is 0 Å². The number of likely N-dealkylation sites (N-methyl/N-ethyl adjacent to an activating group) is 1. The van der Waals surface area contributed by atoms with Crippen LogP contribution in [0.2, 0.25) is 0 Å². The van der Waals surface area contributed by atoms with E-state index in [-0.39, 0.29) is 49.5 Å². The van der Waals surface area contributed by atoms with Crippen molar-refractivity contribution in [2.75, 3.05) is 39.8 Å². The summed E-state index contributed by atoms with van der Waals surface area (Å²) in [7, 11) is 1.94. The van der Waals surface area contributed by atoms with E-state index in [1.54, 1.807) is 0 Å². The topological polar surface area (TPSA) is 76.1 Å². The minimum atomic E-state index is -0.765. The van der Waals surface area contributed by atoms with E-state index in [4.69, 9.17) is 0 Å². The van der Waals surface area contributed by atoms with Crippen molar-refractivity contribution >= 4 is 36.8 Å². The lowest BCUT2D eigenvalue weighted by Crippen LogP contribution is -2.51. The maximum absolute atomic E-state index is 13.1. The molecule has 1 heterocycles. The van der Waals surface area contributed by atoms with Gasteiger partial charge in [0.2, 0.25) is 0 Å². The van der Waals surface area contributed by atoms with E-state index in [9.17, 15) is 14.7 Å². The van der Waals surface area contributed by atoms with E-state index in [0.29, 0.717) is 18.4 Å². The highest BCUT2D eigenvalue weighted by atomic mass is 35.5. The maximum atomic E-state index is 13.1. The number of rotatable bonds is 11. The minimum Gasteiger partial charge on any atom is -0.480 e. The van der Waals surface area contributed by atoms with Crippen LogP contribution in [0, 0.1) is 5.92 Å². The first-order chi connectivity index (χ1) is 18.4. The van der Waals surface area contributed by atoms with E-state index in [2.05, 4.69) is 52.4 Å². The number of likely N-dealkylation sites (tertiary alicyclic amines) is 1. The van der Waals surface area contributed by atoms with Crippen molar-refractivity contribution in [2.45, 2.75) is 63.6 Å². The second-order valence-corrected chi connectivity index (χ2v) is 11.1. The molecule has 1 aliphatic carbocycles. The van der Waals surface area contributed by atoms with Gasteiger partial charge in [0.05, 0.1) is 6.54 Å². The van der Waals surface area contributed by atoms with Crippen molar-refractivity contribution in [2.24, 2.45) is 5.92 Å². The molecule has 3 atom stereocenters. The second kappa shape index (κ2) is 16.8. The number of carbonyl (C=O) groups excluding carboxylic acids is 1. The molecular weight excluding hydrogens is 547 g/mol. The Labute approximate surface area is 252 Å². The van der Waals surface area contributed by atoms with Gasteiger partial charge in [-0.2, -0.15) is 0 Å². The molecule has 2 fully saturated rings.